The average molecular weight is 511 g/mol. The molecular weight excluding hydrogens is 467 g/mol. The molecule has 0 saturated carbocycles. The molecule has 0 aliphatic rings. The standard InChI is InChI=1S/C35H43OP/c1-2-3-4-5-6-7-8-18-29-36-32-27-25-31(26-28-32)30-37(33-19-12-9-13-20-33,34-21-14-10-15-22-34)35-23-16-11-17-24-35/h9-17,19-28,37H,2-8,18,29-30H2,1H3. The number of rotatable bonds is 15. The fourth-order valence-electron chi connectivity index (χ4n) is 5.41. The summed E-state index contributed by atoms with van der Waals surface area (Å²) in [4.78, 5) is 0. The number of hydrogen-bond donors (Lipinski definition) is 0. The van der Waals surface area contributed by atoms with E-state index in [9.17, 15) is 0 Å². The number of ether oxygens (including phenoxy) is 1. The first-order valence-corrected chi connectivity index (χ1v) is 16.4. The summed E-state index contributed by atoms with van der Waals surface area (Å²) >= 11 is 0. The van der Waals surface area contributed by atoms with Crippen molar-refractivity contribution in [3.63, 3.8) is 0 Å². The summed E-state index contributed by atoms with van der Waals surface area (Å²) in [6, 6.07) is 42.3. The molecule has 0 aliphatic heterocycles. The van der Waals surface area contributed by atoms with Gasteiger partial charge in [-0.1, -0.05) is 26.2 Å². The van der Waals surface area contributed by atoms with Crippen LogP contribution in [0, 0.1) is 0 Å². The van der Waals surface area contributed by atoms with Gasteiger partial charge in [0.1, 0.15) is 0 Å². The van der Waals surface area contributed by atoms with Crippen LogP contribution in [-0.2, 0) is 6.16 Å². The summed E-state index contributed by atoms with van der Waals surface area (Å²) in [5.41, 5.74) is 1.36. The van der Waals surface area contributed by atoms with Gasteiger partial charge in [0.05, 0.1) is 0 Å². The fraction of sp³-hybridized carbons (Fsp3) is 0.314. The molecule has 0 unspecified atom stereocenters. The number of unbranched alkanes of at least 4 members (excludes halogenated alkanes) is 7. The first-order valence-electron chi connectivity index (χ1n) is 14.2. The van der Waals surface area contributed by atoms with Gasteiger partial charge in [0.25, 0.3) is 0 Å². The molecule has 0 bridgehead atoms. The molecule has 1 nitrogen and oxygen atoms in total. The van der Waals surface area contributed by atoms with Crippen LogP contribution >= 0.6 is 7.26 Å². The summed E-state index contributed by atoms with van der Waals surface area (Å²) in [6.07, 6.45) is 11.6. The summed E-state index contributed by atoms with van der Waals surface area (Å²) in [5.74, 6) is 0.984. The Morgan fingerprint density at radius 3 is 1.38 bits per heavy atom. The van der Waals surface area contributed by atoms with E-state index >= 15 is 0 Å². The Hall–Kier alpha value is -2.89. The Balaban J connectivity index is 1.47. The zero-order chi connectivity index (χ0) is 25.6. The van der Waals surface area contributed by atoms with E-state index in [2.05, 4.69) is 122 Å². The minimum absolute atomic E-state index is 0.811. The molecular formula is C35H43OP. The van der Waals surface area contributed by atoms with E-state index in [1.54, 1.807) is 0 Å². The van der Waals surface area contributed by atoms with Crippen molar-refractivity contribution < 1.29 is 4.74 Å². The first kappa shape index (κ1) is 27.2. The van der Waals surface area contributed by atoms with Crippen molar-refractivity contribution in [2.45, 2.75) is 64.5 Å². The molecule has 4 aromatic carbocycles. The van der Waals surface area contributed by atoms with Crippen LogP contribution in [0.3, 0.4) is 0 Å². The van der Waals surface area contributed by atoms with Gasteiger partial charge in [0.15, 0.2) is 0 Å². The van der Waals surface area contributed by atoms with Crippen molar-refractivity contribution in [1.82, 2.24) is 0 Å². The molecule has 4 rings (SSSR count). The third-order valence-electron chi connectivity index (χ3n) is 7.46. The van der Waals surface area contributed by atoms with Crippen LogP contribution in [0.15, 0.2) is 115 Å². The van der Waals surface area contributed by atoms with Crippen molar-refractivity contribution in [1.29, 1.82) is 0 Å². The monoisotopic (exact) mass is 510 g/mol. The second-order valence-corrected chi connectivity index (χ2v) is 14.0. The molecule has 0 spiro atoms. The summed E-state index contributed by atoms with van der Waals surface area (Å²) in [7, 11) is -2.28. The summed E-state index contributed by atoms with van der Waals surface area (Å²) in [6.45, 7) is 3.09. The van der Waals surface area contributed by atoms with Gasteiger partial charge in [-0.05, 0) is 0 Å². The van der Waals surface area contributed by atoms with Gasteiger partial charge in [-0.25, -0.2) is 0 Å². The molecule has 0 heterocycles. The molecule has 194 valence electrons. The van der Waals surface area contributed by atoms with Crippen molar-refractivity contribution in [2.75, 3.05) is 6.61 Å². The predicted octanol–water partition coefficient (Wildman–Crippen LogP) is 8.43. The van der Waals surface area contributed by atoms with Crippen LogP contribution in [0.25, 0.3) is 0 Å². The first-order chi connectivity index (χ1) is 18.3. The Morgan fingerprint density at radius 2 is 0.919 bits per heavy atom. The molecule has 37 heavy (non-hydrogen) atoms. The third-order valence-corrected chi connectivity index (χ3v) is 12.4. The topological polar surface area (TPSA) is 9.23 Å². The van der Waals surface area contributed by atoms with E-state index < -0.39 is 7.26 Å². The average Bonchev–Trinajstić information content (AvgIpc) is 2.97. The molecule has 0 aliphatic carbocycles. The molecule has 0 atom stereocenters. The van der Waals surface area contributed by atoms with Gasteiger partial charge < -0.3 is 0 Å². The number of hydrogen-bond acceptors (Lipinski definition) is 1. The summed E-state index contributed by atoms with van der Waals surface area (Å²) in [5, 5.41) is 4.34. The molecule has 0 saturated heterocycles. The van der Waals surface area contributed by atoms with Crippen LogP contribution in [0.5, 0.6) is 5.75 Å². The maximum absolute atomic E-state index is 6.10. The van der Waals surface area contributed by atoms with Gasteiger partial charge in [0.2, 0.25) is 0 Å². The van der Waals surface area contributed by atoms with Gasteiger partial charge >= 0.3 is 199 Å². The van der Waals surface area contributed by atoms with E-state index in [1.165, 1.54) is 66.4 Å². The fourth-order valence-corrected chi connectivity index (χ4v) is 10.2. The van der Waals surface area contributed by atoms with E-state index in [4.69, 9.17) is 4.74 Å². The molecule has 0 fully saturated rings. The normalized spacial score (nSPS) is 11.8. The van der Waals surface area contributed by atoms with E-state index in [-0.39, 0.29) is 0 Å². The Bertz CT molecular complexity index is 1040. The van der Waals surface area contributed by atoms with E-state index in [0.29, 0.717) is 0 Å². The van der Waals surface area contributed by atoms with Gasteiger partial charge in [-0.3, -0.25) is 0 Å². The molecule has 0 radical (unpaired) electrons. The predicted molar refractivity (Wildman–Crippen MR) is 165 cm³/mol. The van der Waals surface area contributed by atoms with E-state index in [0.717, 1.165) is 24.9 Å². The second kappa shape index (κ2) is 14.7. The van der Waals surface area contributed by atoms with Crippen molar-refractivity contribution in [2.24, 2.45) is 0 Å². The SMILES string of the molecule is CCCCCCCCCCOc1ccc(C[PH](c2ccccc2)(c2ccccc2)c2ccccc2)cc1. The van der Waals surface area contributed by atoms with Crippen LogP contribution in [-0.4, -0.2) is 6.61 Å². The van der Waals surface area contributed by atoms with Crippen molar-refractivity contribution in [3.8, 4) is 5.75 Å². The van der Waals surface area contributed by atoms with Crippen molar-refractivity contribution >= 4 is 23.2 Å². The number of benzene rings is 4. The van der Waals surface area contributed by atoms with Crippen LogP contribution in [0.4, 0.5) is 0 Å². The zero-order valence-corrected chi connectivity index (χ0v) is 23.4. The van der Waals surface area contributed by atoms with Gasteiger partial charge in [0, 0.05) is 0 Å². The third kappa shape index (κ3) is 7.56. The molecule has 0 N–H and O–H groups in total. The van der Waals surface area contributed by atoms with Crippen LogP contribution in [0.1, 0.15) is 63.9 Å². The molecule has 0 aromatic heterocycles. The second-order valence-electron chi connectivity index (χ2n) is 10.1. The molecule has 4 aromatic rings. The van der Waals surface area contributed by atoms with Crippen LogP contribution in [0.2, 0.25) is 0 Å². The molecule has 2 heteroatoms. The maximum atomic E-state index is 6.10. The quantitative estimate of drug-likeness (QED) is 0.115. The van der Waals surface area contributed by atoms with E-state index in [1.807, 2.05) is 0 Å². The Kier molecular flexibility index (Phi) is 10.8. The van der Waals surface area contributed by atoms with Gasteiger partial charge in [-0.2, -0.15) is 0 Å². The minimum atomic E-state index is -2.28. The molecule has 0 amide bonds. The summed E-state index contributed by atoms with van der Waals surface area (Å²) < 4.78 is 6.10. The zero-order valence-electron chi connectivity index (χ0n) is 22.4. The Labute approximate surface area is 225 Å². The van der Waals surface area contributed by atoms with Crippen LogP contribution < -0.4 is 20.7 Å². The van der Waals surface area contributed by atoms with Crippen molar-refractivity contribution in [3.05, 3.63) is 121 Å². The van der Waals surface area contributed by atoms with Gasteiger partial charge in [-0.15, -0.1) is 0 Å². The Morgan fingerprint density at radius 1 is 0.486 bits per heavy atom.